The lowest BCUT2D eigenvalue weighted by Gasteiger charge is -2.23. The molecule has 0 aromatic heterocycles. The molecule has 1 aliphatic rings. The molecule has 0 spiro atoms. The summed E-state index contributed by atoms with van der Waals surface area (Å²) in [5.41, 5.74) is 1.31. The number of amides is 1. The number of hydrogen-bond donors (Lipinski definition) is 2. The van der Waals surface area contributed by atoms with Crippen molar-refractivity contribution in [2.24, 2.45) is 5.92 Å². The normalized spacial score (nSPS) is 16.4. The highest BCUT2D eigenvalue weighted by Gasteiger charge is 2.16. The van der Waals surface area contributed by atoms with Crippen LogP contribution in [0.5, 0.6) is 0 Å². The molecule has 1 aromatic carbocycles. The van der Waals surface area contributed by atoms with E-state index in [2.05, 4.69) is 41.8 Å². The second-order valence-electron chi connectivity index (χ2n) is 6.47. The van der Waals surface area contributed by atoms with E-state index in [-0.39, 0.29) is 24.4 Å². The molecule has 1 aromatic rings. The minimum Gasteiger partial charge on any atom is -0.353 e. The van der Waals surface area contributed by atoms with E-state index < -0.39 is 0 Å². The fraction of sp³-hybridized carbons (Fsp3) is 0.632. The predicted octanol–water partition coefficient (Wildman–Crippen LogP) is 3.72. The van der Waals surface area contributed by atoms with Gasteiger partial charge < -0.3 is 10.6 Å². The van der Waals surface area contributed by atoms with E-state index in [1.54, 1.807) is 0 Å². The van der Waals surface area contributed by atoms with Crippen LogP contribution in [0.25, 0.3) is 0 Å². The van der Waals surface area contributed by atoms with Gasteiger partial charge >= 0.3 is 0 Å². The topological polar surface area (TPSA) is 41.1 Å². The molecule has 1 amide bonds. The average Bonchev–Trinajstić information content (AvgIpc) is 2.55. The third kappa shape index (κ3) is 7.85. The van der Waals surface area contributed by atoms with E-state index in [1.807, 2.05) is 6.07 Å². The summed E-state index contributed by atoms with van der Waals surface area (Å²) in [5, 5.41) is 6.63. The zero-order chi connectivity index (χ0) is 15.6. The molecule has 1 aliphatic heterocycles. The van der Waals surface area contributed by atoms with Crippen molar-refractivity contribution in [3.8, 4) is 0 Å². The molecule has 0 bridgehead atoms. The van der Waals surface area contributed by atoms with Crippen molar-refractivity contribution in [1.82, 2.24) is 10.6 Å². The molecule has 2 N–H and O–H groups in total. The van der Waals surface area contributed by atoms with E-state index in [1.165, 1.54) is 18.4 Å². The fourth-order valence-electron chi connectivity index (χ4n) is 3.28. The summed E-state index contributed by atoms with van der Waals surface area (Å²) in [6.07, 6.45) is 7.25. The number of hydrogen-bond acceptors (Lipinski definition) is 2. The van der Waals surface area contributed by atoms with Gasteiger partial charge in [-0.15, -0.1) is 12.4 Å². The van der Waals surface area contributed by atoms with Gasteiger partial charge in [0.25, 0.3) is 0 Å². The molecule has 1 unspecified atom stereocenters. The van der Waals surface area contributed by atoms with E-state index in [9.17, 15) is 4.79 Å². The Bertz CT molecular complexity index is 432. The minimum atomic E-state index is 0. The highest BCUT2D eigenvalue weighted by Crippen LogP contribution is 2.17. The van der Waals surface area contributed by atoms with Gasteiger partial charge in [0, 0.05) is 12.5 Å². The molecular formula is C19H31ClN2O. The SMILES string of the molecule is CCCC(Cc1ccccc1)NC(=O)CCC1CCNCC1.Cl. The summed E-state index contributed by atoms with van der Waals surface area (Å²) in [7, 11) is 0. The van der Waals surface area contributed by atoms with Crippen LogP contribution in [-0.2, 0) is 11.2 Å². The van der Waals surface area contributed by atoms with Crippen molar-refractivity contribution >= 4 is 18.3 Å². The zero-order valence-corrected chi connectivity index (χ0v) is 15.0. The number of carbonyl (C=O) groups excluding carboxylic acids is 1. The van der Waals surface area contributed by atoms with Gasteiger partial charge in [0.1, 0.15) is 0 Å². The van der Waals surface area contributed by atoms with Crippen LogP contribution in [0, 0.1) is 5.92 Å². The first-order valence-electron chi connectivity index (χ1n) is 8.82. The van der Waals surface area contributed by atoms with Crippen molar-refractivity contribution in [1.29, 1.82) is 0 Å². The van der Waals surface area contributed by atoms with Crippen molar-refractivity contribution < 1.29 is 4.79 Å². The molecule has 4 heteroatoms. The van der Waals surface area contributed by atoms with Crippen LogP contribution in [0.3, 0.4) is 0 Å². The molecule has 3 nitrogen and oxygen atoms in total. The Balaban J connectivity index is 0.00000264. The van der Waals surface area contributed by atoms with E-state index >= 15 is 0 Å². The van der Waals surface area contributed by atoms with E-state index in [0.717, 1.165) is 44.7 Å². The number of halogens is 1. The fourth-order valence-corrected chi connectivity index (χ4v) is 3.28. The second kappa shape index (κ2) is 11.5. The molecular weight excluding hydrogens is 308 g/mol. The van der Waals surface area contributed by atoms with Crippen LogP contribution >= 0.6 is 12.4 Å². The average molecular weight is 339 g/mol. The second-order valence-corrected chi connectivity index (χ2v) is 6.47. The summed E-state index contributed by atoms with van der Waals surface area (Å²) in [6.45, 7) is 4.40. The number of benzene rings is 1. The van der Waals surface area contributed by atoms with E-state index in [0.29, 0.717) is 6.42 Å². The van der Waals surface area contributed by atoms with Gasteiger partial charge in [0.05, 0.1) is 0 Å². The summed E-state index contributed by atoms with van der Waals surface area (Å²) in [5.74, 6) is 0.957. The standard InChI is InChI=1S/C19H30N2O.ClH/c1-2-6-18(15-17-7-4-3-5-8-17)21-19(22)10-9-16-11-13-20-14-12-16;/h3-5,7-8,16,18,20H,2,6,9-15H2,1H3,(H,21,22);1H. The Morgan fingerprint density at radius 1 is 1.26 bits per heavy atom. The monoisotopic (exact) mass is 338 g/mol. The van der Waals surface area contributed by atoms with Crippen LogP contribution < -0.4 is 10.6 Å². The third-order valence-electron chi connectivity index (χ3n) is 4.57. The minimum absolute atomic E-state index is 0. The first-order valence-corrected chi connectivity index (χ1v) is 8.82. The largest absolute Gasteiger partial charge is 0.353 e. The summed E-state index contributed by atoms with van der Waals surface area (Å²) < 4.78 is 0. The maximum absolute atomic E-state index is 12.2. The number of nitrogens with one attached hydrogen (secondary N) is 2. The maximum atomic E-state index is 12.2. The van der Waals surface area contributed by atoms with Crippen LogP contribution in [0.1, 0.15) is 51.0 Å². The van der Waals surface area contributed by atoms with Crippen molar-refractivity contribution in [3.05, 3.63) is 35.9 Å². The molecule has 1 heterocycles. The van der Waals surface area contributed by atoms with Crippen molar-refractivity contribution in [3.63, 3.8) is 0 Å². The third-order valence-corrected chi connectivity index (χ3v) is 4.57. The lowest BCUT2D eigenvalue weighted by Crippen LogP contribution is -2.37. The Kier molecular flexibility index (Phi) is 9.97. The molecule has 130 valence electrons. The van der Waals surface area contributed by atoms with Gasteiger partial charge in [0.15, 0.2) is 0 Å². The van der Waals surface area contributed by atoms with Gasteiger partial charge in [0.2, 0.25) is 5.91 Å². The number of carbonyl (C=O) groups is 1. The predicted molar refractivity (Wildman–Crippen MR) is 99.1 cm³/mol. The van der Waals surface area contributed by atoms with E-state index in [4.69, 9.17) is 0 Å². The van der Waals surface area contributed by atoms with Crippen LogP contribution in [0.4, 0.5) is 0 Å². The first kappa shape index (κ1) is 20.0. The summed E-state index contributed by atoms with van der Waals surface area (Å²) >= 11 is 0. The van der Waals surface area contributed by atoms with Crippen molar-refractivity contribution in [2.45, 2.75) is 57.9 Å². The summed E-state index contributed by atoms with van der Waals surface area (Å²) in [4.78, 5) is 12.2. The van der Waals surface area contributed by atoms with Gasteiger partial charge in [-0.2, -0.15) is 0 Å². The maximum Gasteiger partial charge on any atom is 0.220 e. The lowest BCUT2D eigenvalue weighted by molar-refractivity contribution is -0.122. The molecule has 2 rings (SSSR count). The number of piperidine rings is 1. The highest BCUT2D eigenvalue weighted by atomic mass is 35.5. The molecule has 23 heavy (non-hydrogen) atoms. The van der Waals surface area contributed by atoms with Crippen LogP contribution in [0.2, 0.25) is 0 Å². The Hall–Kier alpha value is -1.06. The Morgan fingerprint density at radius 2 is 1.96 bits per heavy atom. The smallest absolute Gasteiger partial charge is 0.220 e. The zero-order valence-electron chi connectivity index (χ0n) is 14.2. The number of rotatable bonds is 8. The molecule has 1 atom stereocenters. The Labute approximate surface area is 147 Å². The molecule has 0 aliphatic carbocycles. The van der Waals surface area contributed by atoms with Crippen LogP contribution in [0.15, 0.2) is 30.3 Å². The Morgan fingerprint density at radius 3 is 2.61 bits per heavy atom. The van der Waals surface area contributed by atoms with Gasteiger partial charge in [-0.3, -0.25) is 4.79 Å². The molecule has 1 saturated heterocycles. The van der Waals surface area contributed by atoms with Crippen molar-refractivity contribution in [2.75, 3.05) is 13.1 Å². The van der Waals surface area contributed by atoms with Gasteiger partial charge in [-0.05, 0) is 56.7 Å². The molecule has 1 fully saturated rings. The lowest BCUT2D eigenvalue weighted by atomic mass is 9.93. The van der Waals surface area contributed by atoms with Crippen LogP contribution in [-0.4, -0.2) is 25.0 Å². The molecule has 0 radical (unpaired) electrons. The van der Waals surface area contributed by atoms with Gasteiger partial charge in [-0.1, -0.05) is 43.7 Å². The van der Waals surface area contributed by atoms with Gasteiger partial charge in [-0.25, -0.2) is 0 Å². The molecule has 0 saturated carbocycles. The summed E-state index contributed by atoms with van der Waals surface area (Å²) in [6, 6.07) is 10.7. The quantitative estimate of drug-likeness (QED) is 0.758. The first-order chi connectivity index (χ1) is 10.8. The highest BCUT2D eigenvalue weighted by molar-refractivity contribution is 5.85.